The molecule has 48 valence electrons. The van der Waals surface area contributed by atoms with E-state index in [1.165, 1.54) is 0 Å². The first-order chi connectivity index (χ1) is 3.84. The molecule has 1 aliphatic rings. The topological polar surface area (TPSA) is 55.5 Å². The average molecular weight is 117 g/mol. The zero-order valence-corrected chi connectivity index (χ0v) is 4.71. The second kappa shape index (κ2) is 2.44. The van der Waals surface area contributed by atoms with Crippen LogP contribution in [0.2, 0.25) is 0 Å². The molecule has 1 rings (SSSR count). The second-order valence-corrected chi connectivity index (χ2v) is 2.04. The summed E-state index contributed by atoms with van der Waals surface area (Å²) in [5.41, 5.74) is 5.50. The summed E-state index contributed by atoms with van der Waals surface area (Å²) >= 11 is 0. The highest BCUT2D eigenvalue weighted by Crippen LogP contribution is 2.09. The number of rotatable bonds is 1. The molecule has 0 radical (unpaired) electrons. The van der Waals surface area contributed by atoms with Gasteiger partial charge in [0.25, 0.3) is 0 Å². The molecule has 0 aromatic carbocycles. The van der Waals surface area contributed by atoms with Crippen LogP contribution in [0, 0.1) is 0 Å². The third-order valence-corrected chi connectivity index (χ3v) is 1.44. The normalized spacial score (nSPS) is 38.2. The number of aliphatic hydroxyl groups excluding tert-OH is 1. The summed E-state index contributed by atoms with van der Waals surface area (Å²) in [6.45, 7) is 0.758. The summed E-state index contributed by atoms with van der Waals surface area (Å²) in [5, 5.41) is 8.53. The van der Waals surface area contributed by atoms with Crippen LogP contribution in [0.3, 0.4) is 0 Å². The molecule has 0 amide bonds. The van der Waals surface area contributed by atoms with Crippen molar-refractivity contribution in [3.05, 3.63) is 0 Å². The smallest absolute Gasteiger partial charge is 0.0956 e. The summed E-state index contributed by atoms with van der Waals surface area (Å²) in [4.78, 5) is 0. The van der Waals surface area contributed by atoms with Gasteiger partial charge in [0.05, 0.1) is 12.7 Å². The van der Waals surface area contributed by atoms with Gasteiger partial charge in [-0.25, -0.2) is 0 Å². The van der Waals surface area contributed by atoms with Crippen LogP contribution in [-0.2, 0) is 4.74 Å². The minimum Gasteiger partial charge on any atom is -0.394 e. The molecule has 1 heterocycles. The molecule has 0 aromatic heterocycles. The maximum absolute atomic E-state index is 8.53. The quantitative estimate of drug-likeness (QED) is 0.467. The first kappa shape index (κ1) is 6.01. The Labute approximate surface area is 48.4 Å². The molecular formula is C5H11NO2. The Morgan fingerprint density at radius 2 is 2.50 bits per heavy atom. The SMILES string of the molecule is N[C@@H]1CCO[C@@H]1CO. The highest BCUT2D eigenvalue weighted by atomic mass is 16.5. The highest BCUT2D eigenvalue weighted by molar-refractivity contribution is 4.77. The van der Waals surface area contributed by atoms with Crippen molar-refractivity contribution in [3.63, 3.8) is 0 Å². The molecule has 1 aliphatic heterocycles. The Morgan fingerprint density at radius 1 is 1.75 bits per heavy atom. The van der Waals surface area contributed by atoms with Crippen LogP contribution in [-0.4, -0.2) is 30.5 Å². The van der Waals surface area contributed by atoms with Crippen LogP contribution in [0.4, 0.5) is 0 Å². The van der Waals surface area contributed by atoms with E-state index in [-0.39, 0.29) is 18.8 Å². The minimum atomic E-state index is -0.102. The third-order valence-electron chi connectivity index (χ3n) is 1.44. The molecule has 0 unspecified atom stereocenters. The molecule has 0 aliphatic carbocycles. The lowest BCUT2D eigenvalue weighted by molar-refractivity contribution is 0.0528. The zero-order valence-electron chi connectivity index (χ0n) is 4.71. The molecule has 1 saturated heterocycles. The fraction of sp³-hybridized carbons (Fsp3) is 1.00. The molecule has 1 fully saturated rings. The van der Waals surface area contributed by atoms with Crippen molar-refractivity contribution in [1.82, 2.24) is 0 Å². The highest BCUT2D eigenvalue weighted by Gasteiger charge is 2.23. The van der Waals surface area contributed by atoms with Crippen molar-refractivity contribution in [1.29, 1.82) is 0 Å². The monoisotopic (exact) mass is 117 g/mol. The third kappa shape index (κ3) is 0.992. The lowest BCUT2D eigenvalue weighted by Crippen LogP contribution is -2.32. The van der Waals surface area contributed by atoms with E-state index in [9.17, 15) is 0 Å². The van der Waals surface area contributed by atoms with E-state index in [0.29, 0.717) is 6.61 Å². The lowest BCUT2D eigenvalue weighted by atomic mass is 10.2. The summed E-state index contributed by atoms with van der Waals surface area (Å²) in [6, 6.07) is 0.0556. The summed E-state index contributed by atoms with van der Waals surface area (Å²) < 4.78 is 5.04. The fourth-order valence-electron chi connectivity index (χ4n) is 0.853. The van der Waals surface area contributed by atoms with Gasteiger partial charge >= 0.3 is 0 Å². The minimum absolute atomic E-state index is 0.0556. The first-order valence-corrected chi connectivity index (χ1v) is 2.82. The van der Waals surface area contributed by atoms with Crippen LogP contribution in [0.25, 0.3) is 0 Å². The van der Waals surface area contributed by atoms with Crippen molar-refractivity contribution in [2.75, 3.05) is 13.2 Å². The van der Waals surface area contributed by atoms with Gasteiger partial charge in [-0.1, -0.05) is 0 Å². The average Bonchev–Trinajstić information content (AvgIpc) is 2.14. The van der Waals surface area contributed by atoms with Crippen molar-refractivity contribution in [2.24, 2.45) is 5.73 Å². The van der Waals surface area contributed by atoms with Gasteiger partial charge in [-0.3, -0.25) is 0 Å². The van der Waals surface area contributed by atoms with Crippen molar-refractivity contribution >= 4 is 0 Å². The van der Waals surface area contributed by atoms with Crippen molar-refractivity contribution in [3.8, 4) is 0 Å². The summed E-state index contributed by atoms with van der Waals surface area (Å²) in [7, 11) is 0. The van der Waals surface area contributed by atoms with Gasteiger partial charge in [0.2, 0.25) is 0 Å². The lowest BCUT2D eigenvalue weighted by Gasteiger charge is -2.08. The van der Waals surface area contributed by atoms with Crippen LogP contribution >= 0.6 is 0 Å². The van der Waals surface area contributed by atoms with Gasteiger partial charge in [-0.15, -0.1) is 0 Å². The van der Waals surface area contributed by atoms with Gasteiger partial charge in [0, 0.05) is 12.6 Å². The van der Waals surface area contributed by atoms with E-state index < -0.39 is 0 Å². The van der Waals surface area contributed by atoms with Gasteiger partial charge < -0.3 is 15.6 Å². The van der Waals surface area contributed by atoms with Gasteiger partial charge in [-0.2, -0.15) is 0 Å². The van der Waals surface area contributed by atoms with E-state index in [4.69, 9.17) is 15.6 Å². The maximum Gasteiger partial charge on any atom is 0.0956 e. The number of hydrogen-bond acceptors (Lipinski definition) is 3. The second-order valence-electron chi connectivity index (χ2n) is 2.04. The largest absolute Gasteiger partial charge is 0.394 e. The van der Waals surface area contributed by atoms with Crippen LogP contribution in [0.1, 0.15) is 6.42 Å². The molecule has 0 bridgehead atoms. The predicted octanol–water partition coefficient (Wildman–Crippen LogP) is -0.905. The summed E-state index contributed by atoms with van der Waals surface area (Å²) in [6.07, 6.45) is 0.778. The molecule has 0 aromatic rings. The molecule has 0 spiro atoms. The molecule has 3 N–H and O–H groups in total. The Bertz CT molecular complexity index is 76.8. The molecule has 8 heavy (non-hydrogen) atoms. The van der Waals surface area contributed by atoms with Crippen LogP contribution in [0.5, 0.6) is 0 Å². The standard InChI is InChI=1S/C5H11NO2/c6-4-1-2-8-5(4)3-7/h4-5,7H,1-3,6H2/t4-,5-/m1/s1. The van der Waals surface area contributed by atoms with E-state index in [1.807, 2.05) is 0 Å². The molecular weight excluding hydrogens is 106 g/mol. The summed E-state index contributed by atoms with van der Waals surface area (Å²) in [5.74, 6) is 0. The Balaban J connectivity index is 2.30. The van der Waals surface area contributed by atoms with E-state index in [2.05, 4.69) is 0 Å². The van der Waals surface area contributed by atoms with Crippen LogP contribution < -0.4 is 5.73 Å². The van der Waals surface area contributed by atoms with Gasteiger partial charge in [0.1, 0.15) is 0 Å². The number of aliphatic hydroxyl groups is 1. The molecule has 3 heteroatoms. The van der Waals surface area contributed by atoms with E-state index >= 15 is 0 Å². The number of ether oxygens (including phenoxy) is 1. The zero-order chi connectivity index (χ0) is 5.98. The predicted molar refractivity (Wildman–Crippen MR) is 29.4 cm³/mol. The fourth-order valence-corrected chi connectivity index (χ4v) is 0.853. The Morgan fingerprint density at radius 3 is 2.75 bits per heavy atom. The Kier molecular flexibility index (Phi) is 1.83. The number of hydrogen-bond donors (Lipinski definition) is 2. The van der Waals surface area contributed by atoms with Crippen LogP contribution in [0.15, 0.2) is 0 Å². The molecule has 2 atom stereocenters. The first-order valence-electron chi connectivity index (χ1n) is 2.82. The molecule has 3 nitrogen and oxygen atoms in total. The van der Waals surface area contributed by atoms with Gasteiger partial charge in [0.15, 0.2) is 0 Å². The van der Waals surface area contributed by atoms with E-state index in [0.717, 1.165) is 6.42 Å². The Hall–Kier alpha value is -0.120. The number of nitrogens with two attached hydrogens (primary N) is 1. The maximum atomic E-state index is 8.53. The van der Waals surface area contributed by atoms with E-state index in [1.54, 1.807) is 0 Å². The van der Waals surface area contributed by atoms with Gasteiger partial charge in [-0.05, 0) is 6.42 Å². The molecule has 0 saturated carbocycles. The van der Waals surface area contributed by atoms with Crippen molar-refractivity contribution in [2.45, 2.75) is 18.6 Å². The van der Waals surface area contributed by atoms with Crippen molar-refractivity contribution < 1.29 is 9.84 Å².